The van der Waals surface area contributed by atoms with Crippen LogP contribution in [0.4, 0.5) is 0 Å². The van der Waals surface area contributed by atoms with Gasteiger partial charge in [0.1, 0.15) is 0 Å². The summed E-state index contributed by atoms with van der Waals surface area (Å²) in [7, 11) is 0. The molecular formula is C17H16ClNO. The standard InChI is InChI=1S/C17H16ClNO/c1-12(20)17(10-13-5-7-16(18)8-6-13)15-4-2-3-14(9-15)11-19/h2-9,12,17,20H,10H2,1H3/t12-,17-/m0/s1. The van der Waals surface area contributed by atoms with Gasteiger partial charge in [0.15, 0.2) is 0 Å². The van der Waals surface area contributed by atoms with Crippen LogP contribution in [0.1, 0.15) is 29.5 Å². The lowest BCUT2D eigenvalue weighted by Crippen LogP contribution is -2.17. The first-order valence-corrected chi connectivity index (χ1v) is 6.90. The van der Waals surface area contributed by atoms with Crippen molar-refractivity contribution in [2.24, 2.45) is 0 Å². The summed E-state index contributed by atoms with van der Waals surface area (Å²) >= 11 is 5.88. The van der Waals surface area contributed by atoms with Gasteiger partial charge in [0, 0.05) is 10.9 Å². The van der Waals surface area contributed by atoms with Crippen molar-refractivity contribution in [3.63, 3.8) is 0 Å². The summed E-state index contributed by atoms with van der Waals surface area (Å²) in [5.41, 5.74) is 2.71. The minimum atomic E-state index is -0.486. The molecule has 0 fully saturated rings. The lowest BCUT2D eigenvalue weighted by Gasteiger charge is -2.21. The Morgan fingerprint density at radius 2 is 1.90 bits per heavy atom. The molecule has 2 atom stereocenters. The summed E-state index contributed by atoms with van der Waals surface area (Å²) in [6, 6.07) is 17.2. The smallest absolute Gasteiger partial charge is 0.0991 e. The molecule has 2 nitrogen and oxygen atoms in total. The van der Waals surface area contributed by atoms with Gasteiger partial charge in [-0.3, -0.25) is 0 Å². The second-order valence-corrected chi connectivity index (χ2v) is 5.35. The molecule has 0 saturated heterocycles. The zero-order chi connectivity index (χ0) is 14.5. The molecule has 2 aromatic rings. The molecule has 0 saturated carbocycles. The summed E-state index contributed by atoms with van der Waals surface area (Å²) in [5.74, 6) is -0.0375. The summed E-state index contributed by atoms with van der Waals surface area (Å²) < 4.78 is 0. The number of halogens is 1. The molecule has 2 aromatic carbocycles. The van der Waals surface area contributed by atoms with Gasteiger partial charge >= 0.3 is 0 Å². The lowest BCUT2D eigenvalue weighted by atomic mass is 9.87. The number of hydrogen-bond donors (Lipinski definition) is 1. The first-order chi connectivity index (χ1) is 9.60. The topological polar surface area (TPSA) is 44.0 Å². The number of aliphatic hydroxyl groups excluding tert-OH is 1. The third-order valence-corrected chi connectivity index (χ3v) is 3.65. The second kappa shape index (κ2) is 6.56. The Kier molecular flexibility index (Phi) is 4.79. The van der Waals surface area contributed by atoms with Crippen molar-refractivity contribution in [1.82, 2.24) is 0 Å². The fourth-order valence-electron chi connectivity index (χ4n) is 2.28. The molecule has 0 radical (unpaired) electrons. The van der Waals surface area contributed by atoms with Gasteiger partial charge in [-0.15, -0.1) is 0 Å². The quantitative estimate of drug-likeness (QED) is 0.925. The maximum Gasteiger partial charge on any atom is 0.0991 e. The number of nitrogens with zero attached hydrogens (tertiary/aromatic N) is 1. The molecule has 0 amide bonds. The highest BCUT2D eigenvalue weighted by Gasteiger charge is 2.18. The molecule has 0 unspecified atom stereocenters. The van der Waals surface area contributed by atoms with E-state index in [2.05, 4.69) is 6.07 Å². The van der Waals surface area contributed by atoms with Gasteiger partial charge in [0.2, 0.25) is 0 Å². The van der Waals surface area contributed by atoms with E-state index < -0.39 is 6.10 Å². The SMILES string of the molecule is C[C@H](O)[C@H](Cc1ccc(Cl)cc1)c1cccc(C#N)c1. The average molecular weight is 286 g/mol. The van der Waals surface area contributed by atoms with Crippen molar-refractivity contribution < 1.29 is 5.11 Å². The van der Waals surface area contributed by atoms with Crippen molar-refractivity contribution in [1.29, 1.82) is 5.26 Å². The minimum absolute atomic E-state index is 0.0375. The fraction of sp³-hybridized carbons (Fsp3) is 0.235. The highest BCUT2D eigenvalue weighted by atomic mass is 35.5. The first kappa shape index (κ1) is 14.6. The van der Waals surface area contributed by atoms with Crippen LogP contribution in [0, 0.1) is 11.3 Å². The van der Waals surface area contributed by atoms with Crippen molar-refractivity contribution in [2.45, 2.75) is 25.4 Å². The largest absolute Gasteiger partial charge is 0.393 e. The van der Waals surface area contributed by atoms with Gasteiger partial charge in [-0.1, -0.05) is 35.9 Å². The number of nitriles is 1. The summed E-state index contributed by atoms with van der Waals surface area (Å²) in [6.07, 6.45) is 0.226. The summed E-state index contributed by atoms with van der Waals surface area (Å²) in [5, 5.41) is 19.7. The van der Waals surface area contributed by atoms with Gasteiger partial charge < -0.3 is 5.11 Å². The van der Waals surface area contributed by atoms with Gasteiger partial charge in [-0.05, 0) is 48.7 Å². The predicted octanol–water partition coefficient (Wildman–Crippen LogP) is 3.92. The van der Waals surface area contributed by atoms with Crippen LogP contribution in [0.2, 0.25) is 5.02 Å². The van der Waals surface area contributed by atoms with Crippen molar-refractivity contribution in [3.8, 4) is 6.07 Å². The highest BCUT2D eigenvalue weighted by Crippen LogP contribution is 2.26. The zero-order valence-corrected chi connectivity index (χ0v) is 12.0. The number of aliphatic hydroxyl groups is 1. The molecule has 0 spiro atoms. The Morgan fingerprint density at radius 3 is 2.50 bits per heavy atom. The summed E-state index contributed by atoms with van der Waals surface area (Å²) in [4.78, 5) is 0. The molecule has 0 aliphatic carbocycles. The zero-order valence-electron chi connectivity index (χ0n) is 11.3. The maximum absolute atomic E-state index is 10.0. The number of benzene rings is 2. The molecule has 3 heteroatoms. The lowest BCUT2D eigenvalue weighted by molar-refractivity contribution is 0.161. The van der Waals surface area contributed by atoms with Crippen LogP contribution >= 0.6 is 11.6 Å². The van der Waals surface area contributed by atoms with Crippen LogP contribution in [0.3, 0.4) is 0 Å². The van der Waals surface area contributed by atoms with E-state index in [9.17, 15) is 5.11 Å². The number of hydrogen-bond acceptors (Lipinski definition) is 2. The van der Waals surface area contributed by atoms with Crippen molar-refractivity contribution in [3.05, 3.63) is 70.2 Å². The third-order valence-electron chi connectivity index (χ3n) is 3.40. The Bertz CT molecular complexity index is 614. The average Bonchev–Trinajstić information content (AvgIpc) is 2.46. The highest BCUT2D eigenvalue weighted by molar-refractivity contribution is 6.30. The van der Waals surface area contributed by atoms with Crippen LogP contribution < -0.4 is 0 Å². The molecule has 102 valence electrons. The van der Waals surface area contributed by atoms with E-state index in [1.807, 2.05) is 42.5 Å². The normalized spacial score (nSPS) is 13.5. The molecule has 0 heterocycles. The van der Waals surface area contributed by atoms with Crippen LogP contribution in [-0.4, -0.2) is 11.2 Å². The van der Waals surface area contributed by atoms with Crippen LogP contribution in [0.25, 0.3) is 0 Å². The predicted molar refractivity (Wildman–Crippen MR) is 80.7 cm³/mol. The monoisotopic (exact) mass is 285 g/mol. The number of rotatable bonds is 4. The van der Waals surface area contributed by atoms with Crippen molar-refractivity contribution >= 4 is 11.6 Å². The van der Waals surface area contributed by atoms with E-state index in [1.165, 1.54) is 0 Å². The van der Waals surface area contributed by atoms with Crippen LogP contribution in [0.15, 0.2) is 48.5 Å². The first-order valence-electron chi connectivity index (χ1n) is 6.52. The van der Waals surface area contributed by atoms with E-state index in [0.717, 1.165) is 11.1 Å². The van der Waals surface area contributed by atoms with Gasteiger partial charge in [-0.2, -0.15) is 5.26 Å². The van der Waals surface area contributed by atoms with Crippen LogP contribution in [0.5, 0.6) is 0 Å². The molecular weight excluding hydrogens is 270 g/mol. The van der Waals surface area contributed by atoms with Gasteiger partial charge in [0.25, 0.3) is 0 Å². The van der Waals surface area contributed by atoms with E-state index in [0.29, 0.717) is 17.0 Å². The third kappa shape index (κ3) is 3.60. The molecule has 0 bridgehead atoms. The van der Waals surface area contributed by atoms with E-state index in [1.54, 1.807) is 13.0 Å². The Hall–Kier alpha value is -1.82. The van der Waals surface area contributed by atoms with Crippen molar-refractivity contribution in [2.75, 3.05) is 0 Å². The second-order valence-electron chi connectivity index (χ2n) is 4.91. The molecule has 0 aliphatic rings. The Labute approximate surface area is 124 Å². The molecule has 2 rings (SSSR count). The van der Waals surface area contributed by atoms with E-state index in [4.69, 9.17) is 16.9 Å². The fourth-order valence-corrected chi connectivity index (χ4v) is 2.41. The Morgan fingerprint density at radius 1 is 1.20 bits per heavy atom. The van der Waals surface area contributed by atoms with Gasteiger partial charge in [0.05, 0.1) is 17.7 Å². The summed E-state index contributed by atoms with van der Waals surface area (Å²) in [6.45, 7) is 1.78. The van der Waals surface area contributed by atoms with E-state index in [-0.39, 0.29) is 5.92 Å². The van der Waals surface area contributed by atoms with E-state index >= 15 is 0 Å². The molecule has 0 aromatic heterocycles. The molecule has 0 aliphatic heterocycles. The molecule has 20 heavy (non-hydrogen) atoms. The molecule has 1 N–H and O–H groups in total. The van der Waals surface area contributed by atoms with Gasteiger partial charge in [-0.25, -0.2) is 0 Å². The van der Waals surface area contributed by atoms with Crippen LogP contribution in [-0.2, 0) is 6.42 Å². The Balaban J connectivity index is 2.27. The maximum atomic E-state index is 10.0. The minimum Gasteiger partial charge on any atom is -0.393 e.